The summed E-state index contributed by atoms with van der Waals surface area (Å²) in [5.41, 5.74) is 0.910. The number of carbonyl (C=O) groups is 2. The van der Waals surface area contributed by atoms with Gasteiger partial charge in [0.25, 0.3) is 5.91 Å². The first-order valence-corrected chi connectivity index (χ1v) is 10.7. The molecule has 1 saturated heterocycles. The van der Waals surface area contributed by atoms with E-state index in [-0.39, 0.29) is 23.9 Å². The number of hydrogen-bond donors (Lipinski definition) is 2. The van der Waals surface area contributed by atoms with Crippen LogP contribution >= 0.6 is 0 Å². The van der Waals surface area contributed by atoms with Gasteiger partial charge in [0.05, 0.1) is 11.7 Å². The van der Waals surface area contributed by atoms with Gasteiger partial charge in [-0.15, -0.1) is 11.8 Å². The van der Waals surface area contributed by atoms with Gasteiger partial charge in [-0.3, -0.25) is 4.79 Å². The lowest BCUT2D eigenvalue weighted by Gasteiger charge is -2.31. The number of carboxylic acids is 1. The van der Waals surface area contributed by atoms with Crippen LogP contribution in [0.3, 0.4) is 0 Å². The molecule has 0 spiro atoms. The summed E-state index contributed by atoms with van der Waals surface area (Å²) in [6.07, 6.45) is 0.700. The summed E-state index contributed by atoms with van der Waals surface area (Å²) in [6.45, 7) is 5.74. The molecular weight excluding hydrogens is 404 g/mol. The molecule has 0 radical (unpaired) electrons. The number of aliphatic hydroxyl groups is 1. The van der Waals surface area contributed by atoms with E-state index in [2.05, 4.69) is 11.8 Å². The van der Waals surface area contributed by atoms with Crippen molar-refractivity contribution in [1.82, 2.24) is 4.90 Å². The maximum absolute atomic E-state index is 14.2. The van der Waals surface area contributed by atoms with Crippen LogP contribution in [0.15, 0.2) is 24.3 Å². The molecule has 1 aliphatic rings. The summed E-state index contributed by atoms with van der Waals surface area (Å²) in [6, 6.07) is 5.51. The smallest absolute Gasteiger partial charge is 0.335 e. The van der Waals surface area contributed by atoms with Gasteiger partial charge in [0.2, 0.25) is 0 Å². The second-order valence-electron chi connectivity index (χ2n) is 8.40. The standard InChI is InChI=1S/C24H31F2NO4/c1-4-5-6-7-16(2)21(28)14-17(3)20-15-24(25,26)23(31)27(20)13-12-18-8-10-19(11-9-18)22(29)30/h8-11,16-17,20-21,28H,4,7,12-15H2,1-3H3,(H,29,30). The molecule has 0 aliphatic carbocycles. The van der Waals surface area contributed by atoms with E-state index in [0.29, 0.717) is 19.3 Å². The summed E-state index contributed by atoms with van der Waals surface area (Å²) in [5, 5.41) is 19.5. The highest BCUT2D eigenvalue weighted by molar-refractivity contribution is 5.87. The molecule has 1 heterocycles. The molecule has 2 N–H and O–H groups in total. The van der Waals surface area contributed by atoms with Gasteiger partial charge in [-0.1, -0.05) is 32.9 Å². The lowest BCUT2D eigenvalue weighted by Crippen LogP contribution is -2.41. The fourth-order valence-corrected chi connectivity index (χ4v) is 3.92. The number of rotatable bonds is 9. The van der Waals surface area contributed by atoms with Gasteiger partial charge in [-0.25, -0.2) is 4.79 Å². The van der Waals surface area contributed by atoms with Gasteiger partial charge in [0.1, 0.15) is 0 Å². The number of carboxylic acid groups (broad SMARTS) is 1. The normalized spacial score (nSPS) is 20.6. The predicted molar refractivity (Wildman–Crippen MR) is 114 cm³/mol. The van der Waals surface area contributed by atoms with E-state index in [4.69, 9.17) is 5.11 Å². The summed E-state index contributed by atoms with van der Waals surface area (Å²) in [7, 11) is 0. The summed E-state index contributed by atoms with van der Waals surface area (Å²) < 4.78 is 28.5. The molecule has 0 aromatic heterocycles. The highest BCUT2D eigenvalue weighted by atomic mass is 19.3. The molecule has 31 heavy (non-hydrogen) atoms. The fourth-order valence-electron chi connectivity index (χ4n) is 3.92. The van der Waals surface area contributed by atoms with Crippen molar-refractivity contribution in [2.75, 3.05) is 6.54 Å². The summed E-state index contributed by atoms with van der Waals surface area (Å²) >= 11 is 0. The number of hydrogen-bond acceptors (Lipinski definition) is 3. The lowest BCUT2D eigenvalue weighted by molar-refractivity contribution is -0.148. The van der Waals surface area contributed by atoms with Crippen LogP contribution in [0, 0.1) is 23.7 Å². The largest absolute Gasteiger partial charge is 0.478 e. The van der Waals surface area contributed by atoms with E-state index in [9.17, 15) is 23.5 Å². The van der Waals surface area contributed by atoms with Gasteiger partial charge in [0.15, 0.2) is 0 Å². The quantitative estimate of drug-likeness (QED) is 0.575. The van der Waals surface area contributed by atoms with Crippen molar-refractivity contribution in [1.29, 1.82) is 0 Å². The van der Waals surface area contributed by atoms with Crippen molar-refractivity contribution in [3.63, 3.8) is 0 Å². The van der Waals surface area contributed by atoms with E-state index in [0.717, 1.165) is 12.0 Å². The Morgan fingerprint density at radius 1 is 1.26 bits per heavy atom. The number of carbonyl (C=O) groups excluding carboxylic acids is 1. The number of halogens is 2. The molecule has 1 aromatic rings. The van der Waals surface area contributed by atoms with Gasteiger partial charge in [-0.2, -0.15) is 8.78 Å². The molecule has 1 aromatic carbocycles. The SMILES string of the molecule is CCC#CCC(C)C(O)CC(C)C1CC(F)(F)C(=O)N1CCc1ccc(C(=O)O)cc1. The Morgan fingerprint density at radius 2 is 1.90 bits per heavy atom. The van der Waals surface area contributed by atoms with E-state index >= 15 is 0 Å². The molecule has 1 amide bonds. The molecule has 5 nitrogen and oxygen atoms in total. The molecule has 7 heteroatoms. The fraction of sp³-hybridized carbons (Fsp3) is 0.583. The van der Waals surface area contributed by atoms with Crippen LogP contribution in [0.4, 0.5) is 8.78 Å². The Kier molecular flexibility index (Phi) is 8.58. The Morgan fingerprint density at radius 3 is 2.48 bits per heavy atom. The Labute approximate surface area is 182 Å². The van der Waals surface area contributed by atoms with E-state index in [1.807, 2.05) is 13.8 Å². The van der Waals surface area contributed by atoms with Crippen molar-refractivity contribution < 1.29 is 28.6 Å². The molecule has 2 rings (SSSR count). The zero-order valence-corrected chi connectivity index (χ0v) is 18.3. The third-order valence-electron chi connectivity index (χ3n) is 5.93. The van der Waals surface area contributed by atoms with Crippen LogP contribution in [0.1, 0.15) is 62.4 Å². The average molecular weight is 436 g/mol. The average Bonchev–Trinajstić information content (AvgIpc) is 2.95. The van der Waals surface area contributed by atoms with Gasteiger partial charge in [-0.05, 0) is 42.4 Å². The van der Waals surface area contributed by atoms with Crippen molar-refractivity contribution in [3.8, 4) is 11.8 Å². The van der Waals surface area contributed by atoms with E-state index in [1.165, 1.54) is 17.0 Å². The number of nitrogens with zero attached hydrogens (tertiary/aromatic N) is 1. The van der Waals surface area contributed by atoms with Crippen LogP contribution in [0.2, 0.25) is 0 Å². The number of amides is 1. The van der Waals surface area contributed by atoms with Crippen molar-refractivity contribution in [2.45, 2.75) is 70.9 Å². The number of benzene rings is 1. The third-order valence-corrected chi connectivity index (χ3v) is 5.93. The second-order valence-corrected chi connectivity index (χ2v) is 8.40. The van der Waals surface area contributed by atoms with Gasteiger partial charge >= 0.3 is 11.9 Å². The summed E-state index contributed by atoms with van der Waals surface area (Å²) in [5.74, 6) is -0.0418. The van der Waals surface area contributed by atoms with Crippen molar-refractivity contribution in [2.24, 2.45) is 11.8 Å². The Balaban J connectivity index is 2.04. The molecule has 170 valence electrons. The molecule has 4 atom stereocenters. The van der Waals surface area contributed by atoms with Crippen molar-refractivity contribution >= 4 is 11.9 Å². The van der Waals surface area contributed by atoms with E-state index < -0.39 is 36.4 Å². The minimum atomic E-state index is -3.41. The second kappa shape index (κ2) is 10.7. The molecule has 0 bridgehead atoms. The minimum Gasteiger partial charge on any atom is -0.478 e. The van der Waals surface area contributed by atoms with Gasteiger partial charge in [0, 0.05) is 31.8 Å². The topological polar surface area (TPSA) is 77.8 Å². The van der Waals surface area contributed by atoms with Crippen LogP contribution in [-0.2, 0) is 11.2 Å². The molecular formula is C24H31F2NO4. The number of alkyl halides is 2. The monoisotopic (exact) mass is 435 g/mol. The van der Waals surface area contributed by atoms with Crippen LogP contribution in [0.25, 0.3) is 0 Å². The minimum absolute atomic E-state index is 0.0830. The molecule has 4 unspecified atom stereocenters. The van der Waals surface area contributed by atoms with Crippen LogP contribution in [0.5, 0.6) is 0 Å². The molecule has 1 aliphatic heterocycles. The first-order chi connectivity index (χ1) is 14.6. The predicted octanol–water partition coefficient (Wildman–Crippen LogP) is 3.99. The highest BCUT2D eigenvalue weighted by Crippen LogP contribution is 2.38. The Bertz CT molecular complexity index is 828. The van der Waals surface area contributed by atoms with Crippen LogP contribution in [-0.4, -0.2) is 51.6 Å². The molecule has 0 saturated carbocycles. The zero-order valence-electron chi connectivity index (χ0n) is 18.3. The first kappa shape index (κ1) is 24.8. The zero-order chi connectivity index (χ0) is 23.2. The van der Waals surface area contributed by atoms with Crippen LogP contribution < -0.4 is 0 Å². The van der Waals surface area contributed by atoms with E-state index in [1.54, 1.807) is 19.1 Å². The number of aromatic carboxylic acids is 1. The summed E-state index contributed by atoms with van der Waals surface area (Å²) in [4.78, 5) is 24.5. The molecule has 1 fully saturated rings. The van der Waals surface area contributed by atoms with Gasteiger partial charge < -0.3 is 15.1 Å². The number of aliphatic hydroxyl groups excluding tert-OH is 1. The maximum atomic E-state index is 14.2. The Hall–Kier alpha value is -2.46. The lowest BCUT2D eigenvalue weighted by atomic mass is 9.87. The third kappa shape index (κ3) is 6.51. The number of likely N-dealkylation sites (tertiary alicyclic amines) is 1. The highest BCUT2D eigenvalue weighted by Gasteiger charge is 2.54. The van der Waals surface area contributed by atoms with Crippen molar-refractivity contribution in [3.05, 3.63) is 35.4 Å². The first-order valence-electron chi connectivity index (χ1n) is 10.7. The maximum Gasteiger partial charge on any atom is 0.335 e.